The minimum atomic E-state index is -0.118. The lowest BCUT2D eigenvalue weighted by molar-refractivity contribution is -0.125. The first-order valence-corrected chi connectivity index (χ1v) is 11.2. The van der Waals surface area contributed by atoms with Crippen LogP contribution in [0.25, 0.3) is 0 Å². The number of aryl methyl sites for hydroxylation is 1. The topological polar surface area (TPSA) is 76.7 Å². The van der Waals surface area contributed by atoms with Crippen molar-refractivity contribution in [2.24, 2.45) is 0 Å². The first-order chi connectivity index (χ1) is 14.5. The Balaban J connectivity index is 1.31. The standard InChI is InChI=1S/C23H27IN2O4/c1-16-2-10-20(11-3-16)29-14-22(27)25-18-6-8-19(9-7-18)26-23(28)15-30-21-12-4-17(24)5-13-21/h2-5,10-13,18-19H,6-9,14-15H2,1H3,(H,25,27)(H,26,28). The molecule has 160 valence electrons. The molecular formula is C23H27IN2O4. The monoisotopic (exact) mass is 522 g/mol. The molecule has 2 aromatic carbocycles. The third-order valence-corrected chi connectivity index (χ3v) is 5.75. The number of amides is 2. The largest absolute Gasteiger partial charge is 0.484 e. The fourth-order valence-electron chi connectivity index (χ4n) is 3.38. The molecule has 7 heteroatoms. The van der Waals surface area contributed by atoms with Crippen LogP contribution in [0.5, 0.6) is 11.5 Å². The average Bonchev–Trinajstić information content (AvgIpc) is 2.74. The highest BCUT2D eigenvalue weighted by Crippen LogP contribution is 2.19. The summed E-state index contributed by atoms with van der Waals surface area (Å²) in [5.74, 6) is 1.14. The molecule has 0 aromatic heterocycles. The average molecular weight is 522 g/mol. The van der Waals surface area contributed by atoms with Crippen LogP contribution >= 0.6 is 22.6 Å². The smallest absolute Gasteiger partial charge is 0.258 e. The third-order valence-electron chi connectivity index (χ3n) is 5.03. The highest BCUT2D eigenvalue weighted by Gasteiger charge is 2.23. The maximum absolute atomic E-state index is 12.1. The minimum absolute atomic E-state index is 0.00755. The van der Waals surface area contributed by atoms with Crippen molar-refractivity contribution in [3.8, 4) is 11.5 Å². The second-order valence-electron chi connectivity index (χ2n) is 7.53. The Labute approximate surface area is 190 Å². The Morgan fingerprint density at radius 2 is 1.20 bits per heavy atom. The molecule has 0 unspecified atom stereocenters. The summed E-state index contributed by atoms with van der Waals surface area (Å²) in [4.78, 5) is 24.3. The molecule has 1 saturated carbocycles. The van der Waals surface area contributed by atoms with Crippen LogP contribution in [0.4, 0.5) is 0 Å². The van der Waals surface area contributed by atoms with Gasteiger partial charge in [0.05, 0.1) is 0 Å². The molecule has 2 amide bonds. The highest BCUT2D eigenvalue weighted by molar-refractivity contribution is 14.1. The first kappa shape index (κ1) is 22.4. The van der Waals surface area contributed by atoms with Gasteiger partial charge in [-0.05, 0) is 91.6 Å². The van der Waals surface area contributed by atoms with E-state index in [0.717, 1.165) is 34.8 Å². The molecule has 0 heterocycles. The van der Waals surface area contributed by atoms with Crippen LogP contribution in [-0.4, -0.2) is 37.1 Å². The SMILES string of the molecule is Cc1ccc(OCC(=O)NC2CCC(NC(=O)COc3ccc(I)cc3)CC2)cc1. The summed E-state index contributed by atoms with van der Waals surface area (Å²) >= 11 is 2.22. The van der Waals surface area contributed by atoms with Gasteiger partial charge in [-0.15, -0.1) is 0 Å². The molecule has 0 aliphatic heterocycles. The maximum Gasteiger partial charge on any atom is 0.258 e. The molecule has 0 bridgehead atoms. The lowest BCUT2D eigenvalue weighted by Crippen LogP contribution is -2.45. The molecular weight excluding hydrogens is 495 g/mol. The Bertz CT molecular complexity index is 760. The number of ether oxygens (including phenoxy) is 2. The number of benzene rings is 2. The molecule has 6 nitrogen and oxygen atoms in total. The van der Waals surface area contributed by atoms with Gasteiger partial charge in [0.1, 0.15) is 11.5 Å². The van der Waals surface area contributed by atoms with E-state index in [1.807, 2.05) is 55.5 Å². The van der Waals surface area contributed by atoms with E-state index in [1.165, 1.54) is 0 Å². The molecule has 30 heavy (non-hydrogen) atoms. The second kappa shape index (κ2) is 11.2. The molecule has 3 rings (SSSR count). The van der Waals surface area contributed by atoms with Gasteiger partial charge in [-0.25, -0.2) is 0 Å². The molecule has 0 spiro atoms. The fraction of sp³-hybridized carbons (Fsp3) is 0.391. The summed E-state index contributed by atoms with van der Waals surface area (Å²) in [5.41, 5.74) is 1.15. The minimum Gasteiger partial charge on any atom is -0.484 e. The van der Waals surface area contributed by atoms with E-state index in [4.69, 9.17) is 9.47 Å². The molecule has 1 aliphatic carbocycles. The summed E-state index contributed by atoms with van der Waals surface area (Å²) in [7, 11) is 0. The van der Waals surface area contributed by atoms with Crippen LogP contribution in [0.3, 0.4) is 0 Å². The van der Waals surface area contributed by atoms with Gasteiger partial charge >= 0.3 is 0 Å². The van der Waals surface area contributed by atoms with Crippen molar-refractivity contribution in [2.75, 3.05) is 13.2 Å². The van der Waals surface area contributed by atoms with E-state index in [9.17, 15) is 9.59 Å². The fourth-order valence-corrected chi connectivity index (χ4v) is 3.74. The van der Waals surface area contributed by atoms with Crippen molar-refractivity contribution in [2.45, 2.75) is 44.7 Å². The van der Waals surface area contributed by atoms with Gasteiger partial charge in [-0.3, -0.25) is 9.59 Å². The van der Waals surface area contributed by atoms with Gasteiger partial charge in [0.25, 0.3) is 11.8 Å². The summed E-state index contributed by atoms with van der Waals surface area (Å²) < 4.78 is 12.2. The molecule has 1 aliphatic rings. The van der Waals surface area contributed by atoms with Crippen LogP contribution in [-0.2, 0) is 9.59 Å². The van der Waals surface area contributed by atoms with E-state index in [1.54, 1.807) is 0 Å². The van der Waals surface area contributed by atoms with Crippen molar-refractivity contribution >= 4 is 34.4 Å². The predicted molar refractivity (Wildman–Crippen MR) is 124 cm³/mol. The number of carbonyl (C=O) groups is 2. The number of hydrogen-bond acceptors (Lipinski definition) is 4. The quantitative estimate of drug-likeness (QED) is 0.520. The molecule has 0 atom stereocenters. The number of hydrogen-bond donors (Lipinski definition) is 2. The number of halogens is 1. The third kappa shape index (κ3) is 7.51. The van der Waals surface area contributed by atoms with E-state index in [2.05, 4.69) is 33.2 Å². The van der Waals surface area contributed by atoms with Gasteiger partial charge in [0, 0.05) is 15.7 Å². The van der Waals surface area contributed by atoms with E-state index < -0.39 is 0 Å². The second-order valence-corrected chi connectivity index (χ2v) is 8.77. The zero-order chi connectivity index (χ0) is 21.3. The number of nitrogens with one attached hydrogen (secondary N) is 2. The number of carbonyl (C=O) groups excluding carboxylic acids is 2. The lowest BCUT2D eigenvalue weighted by Gasteiger charge is -2.29. The van der Waals surface area contributed by atoms with Crippen LogP contribution in [0, 0.1) is 10.5 Å². The molecule has 2 N–H and O–H groups in total. The summed E-state index contributed by atoms with van der Waals surface area (Å²) in [6.45, 7) is 2.02. The summed E-state index contributed by atoms with van der Waals surface area (Å²) in [6.07, 6.45) is 3.33. The Morgan fingerprint density at radius 3 is 1.63 bits per heavy atom. The van der Waals surface area contributed by atoms with Crippen molar-refractivity contribution < 1.29 is 19.1 Å². The molecule has 1 fully saturated rings. The highest BCUT2D eigenvalue weighted by atomic mass is 127. The van der Waals surface area contributed by atoms with Gasteiger partial charge in [0.15, 0.2) is 13.2 Å². The Hall–Kier alpha value is -2.29. The van der Waals surface area contributed by atoms with Crippen molar-refractivity contribution in [3.63, 3.8) is 0 Å². The Morgan fingerprint density at radius 1 is 0.800 bits per heavy atom. The predicted octanol–water partition coefficient (Wildman–Crippen LogP) is 3.60. The van der Waals surface area contributed by atoms with E-state index in [-0.39, 0.29) is 37.1 Å². The molecule has 0 radical (unpaired) electrons. The lowest BCUT2D eigenvalue weighted by atomic mass is 9.91. The van der Waals surface area contributed by atoms with Crippen LogP contribution in [0.2, 0.25) is 0 Å². The van der Waals surface area contributed by atoms with Gasteiger partial charge in [-0.1, -0.05) is 17.7 Å². The summed E-state index contributed by atoms with van der Waals surface area (Å²) in [5, 5.41) is 6.05. The molecule has 0 saturated heterocycles. The van der Waals surface area contributed by atoms with Crippen molar-refractivity contribution in [3.05, 3.63) is 57.7 Å². The van der Waals surface area contributed by atoms with Crippen LogP contribution in [0.1, 0.15) is 31.2 Å². The first-order valence-electron chi connectivity index (χ1n) is 10.1. The van der Waals surface area contributed by atoms with E-state index in [0.29, 0.717) is 11.5 Å². The summed E-state index contributed by atoms with van der Waals surface area (Å²) in [6, 6.07) is 15.5. The van der Waals surface area contributed by atoms with Crippen molar-refractivity contribution in [1.82, 2.24) is 10.6 Å². The van der Waals surface area contributed by atoms with E-state index >= 15 is 0 Å². The van der Waals surface area contributed by atoms with Crippen LogP contribution in [0.15, 0.2) is 48.5 Å². The van der Waals surface area contributed by atoms with Gasteiger partial charge in [0.2, 0.25) is 0 Å². The Kier molecular flexibility index (Phi) is 8.36. The number of rotatable bonds is 8. The van der Waals surface area contributed by atoms with Crippen LogP contribution < -0.4 is 20.1 Å². The van der Waals surface area contributed by atoms with Crippen molar-refractivity contribution in [1.29, 1.82) is 0 Å². The van der Waals surface area contributed by atoms with Gasteiger partial charge in [-0.2, -0.15) is 0 Å². The maximum atomic E-state index is 12.1. The van der Waals surface area contributed by atoms with Gasteiger partial charge < -0.3 is 20.1 Å². The normalized spacial score (nSPS) is 18.3. The zero-order valence-electron chi connectivity index (χ0n) is 17.0. The zero-order valence-corrected chi connectivity index (χ0v) is 19.2. The molecule has 2 aromatic rings.